The van der Waals surface area contributed by atoms with Gasteiger partial charge in [-0.2, -0.15) is 0 Å². The highest BCUT2D eigenvalue weighted by Gasteiger charge is 2.30. The summed E-state index contributed by atoms with van der Waals surface area (Å²) in [6.07, 6.45) is 3.95. The van der Waals surface area contributed by atoms with Crippen LogP contribution in [0.25, 0.3) is 0 Å². The molecule has 0 saturated carbocycles. The molecule has 2 heterocycles. The van der Waals surface area contributed by atoms with Gasteiger partial charge in [0, 0.05) is 43.5 Å². The SMILES string of the molecule is CSc1ccc(CN2CCC(C(=O)N3CCN(c4ccccc4F)CC3)CC2)cc1.O=C(O)C(=O)O. The van der Waals surface area contributed by atoms with Gasteiger partial charge in [0.1, 0.15) is 5.82 Å². The average molecular weight is 518 g/mol. The molecule has 2 aliphatic heterocycles. The Balaban J connectivity index is 0.000000538. The van der Waals surface area contributed by atoms with Gasteiger partial charge >= 0.3 is 11.9 Å². The molecule has 2 aliphatic rings. The van der Waals surface area contributed by atoms with E-state index in [2.05, 4.69) is 35.4 Å². The maximum absolute atomic E-state index is 14.0. The van der Waals surface area contributed by atoms with Crippen molar-refractivity contribution in [1.82, 2.24) is 9.80 Å². The summed E-state index contributed by atoms with van der Waals surface area (Å²) in [4.78, 5) is 39.0. The molecule has 1 amide bonds. The minimum atomic E-state index is -1.82. The number of piperidine rings is 1. The van der Waals surface area contributed by atoms with Crippen LogP contribution in [0.5, 0.6) is 0 Å². The van der Waals surface area contributed by atoms with Gasteiger partial charge in [0.15, 0.2) is 0 Å². The first-order valence-corrected chi connectivity index (χ1v) is 13.1. The molecule has 0 atom stereocenters. The molecule has 4 rings (SSSR count). The van der Waals surface area contributed by atoms with E-state index in [1.54, 1.807) is 17.8 Å². The van der Waals surface area contributed by atoms with Crippen LogP contribution >= 0.6 is 11.8 Å². The van der Waals surface area contributed by atoms with Crippen LogP contribution in [-0.2, 0) is 20.9 Å². The quantitative estimate of drug-likeness (QED) is 0.461. The Morgan fingerprint density at radius 1 is 0.889 bits per heavy atom. The number of amides is 1. The minimum absolute atomic E-state index is 0.125. The van der Waals surface area contributed by atoms with Crippen molar-refractivity contribution in [2.75, 3.05) is 50.4 Å². The number of para-hydroxylation sites is 1. The fraction of sp³-hybridized carbons (Fsp3) is 0.423. The number of aliphatic carboxylic acids is 2. The molecule has 2 fully saturated rings. The molecule has 0 spiro atoms. The first-order valence-electron chi connectivity index (χ1n) is 11.9. The van der Waals surface area contributed by atoms with Gasteiger partial charge in [0.2, 0.25) is 5.91 Å². The van der Waals surface area contributed by atoms with E-state index in [0.29, 0.717) is 31.9 Å². The summed E-state index contributed by atoms with van der Waals surface area (Å²) in [5.41, 5.74) is 1.98. The van der Waals surface area contributed by atoms with Crippen molar-refractivity contribution in [2.45, 2.75) is 24.3 Å². The van der Waals surface area contributed by atoms with Crippen LogP contribution in [0.2, 0.25) is 0 Å². The zero-order chi connectivity index (χ0) is 26.1. The Bertz CT molecular complexity index is 1020. The fourth-order valence-electron chi connectivity index (χ4n) is 4.46. The van der Waals surface area contributed by atoms with Crippen LogP contribution < -0.4 is 4.90 Å². The lowest BCUT2D eigenvalue weighted by atomic mass is 9.94. The third kappa shape index (κ3) is 7.69. The van der Waals surface area contributed by atoms with Crippen molar-refractivity contribution in [1.29, 1.82) is 0 Å². The predicted octanol–water partition coefficient (Wildman–Crippen LogP) is 3.26. The standard InChI is InChI=1S/C24H30FN3OS.C2H2O4/c1-30-21-8-6-19(7-9-21)18-26-12-10-20(11-13-26)24(29)28-16-14-27(15-17-28)23-5-3-2-4-22(23)25;3-1(4)2(5)6/h2-9,20H,10-18H2,1H3;(H,3,4)(H,5,6). The summed E-state index contributed by atoms with van der Waals surface area (Å²) < 4.78 is 14.0. The van der Waals surface area contributed by atoms with E-state index in [9.17, 15) is 9.18 Å². The van der Waals surface area contributed by atoms with Crippen molar-refractivity contribution in [2.24, 2.45) is 5.92 Å². The van der Waals surface area contributed by atoms with Crippen LogP contribution in [0, 0.1) is 11.7 Å². The summed E-state index contributed by atoms with van der Waals surface area (Å²) in [7, 11) is 0. The highest BCUT2D eigenvalue weighted by atomic mass is 32.2. The molecule has 0 aromatic heterocycles. The summed E-state index contributed by atoms with van der Waals surface area (Å²) in [5, 5.41) is 14.8. The molecule has 2 saturated heterocycles. The van der Waals surface area contributed by atoms with Crippen molar-refractivity contribution < 1.29 is 29.0 Å². The van der Waals surface area contributed by atoms with Gasteiger partial charge in [0.05, 0.1) is 5.69 Å². The number of anilines is 1. The molecular formula is C26H32FN3O5S. The molecule has 0 bridgehead atoms. The van der Waals surface area contributed by atoms with Crippen molar-refractivity contribution in [3.8, 4) is 0 Å². The molecule has 10 heteroatoms. The zero-order valence-corrected chi connectivity index (χ0v) is 21.1. The van der Waals surface area contributed by atoms with Crippen molar-refractivity contribution in [3.63, 3.8) is 0 Å². The number of rotatable bonds is 5. The smallest absolute Gasteiger partial charge is 0.414 e. The van der Waals surface area contributed by atoms with E-state index < -0.39 is 11.9 Å². The number of likely N-dealkylation sites (tertiary alicyclic amines) is 1. The first-order chi connectivity index (χ1) is 17.3. The Morgan fingerprint density at radius 3 is 2.00 bits per heavy atom. The number of thioether (sulfide) groups is 1. The Hall–Kier alpha value is -3.11. The van der Waals surface area contributed by atoms with Crippen LogP contribution in [0.1, 0.15) is 18.4 Å². The summed E-state index contributed by atoms with van der Waals surface area (Å²) >= 11 is 1.76. The molecule has 2 N–H and O–H groups in total. The minimum Gasteiger partial charge on any atom is -0.473 e. The van der Waals surface area contributed by atoms with Crippen molar-refractivity contribution >= 4 is 35.3 Å². The summed E-state index contributed by atoms with van der Waals surface area (Å²) in [6.45, 7) is 5.63. The number of piperazine rings is 1. The van der Waals surface area contributed by atoms with Crippen molar-refractivity contribution in [3.05, 3.63) is 59.9 Å². The van der Waals surface area contributed by atoms with Crippen LogP contribution in [0.3, 0.4) is 0 Å². The molecule has 0 radical (unpaired) electrons. The lowest BCUT2D eigenvalue weighted by Crippen LogP contribution is -2.51. The molecular weight excluding hydrogens is 485 g/mol. The number of carboxylic acid groups (broad SMARTS) is 2. The topological polar surface area (TPSA) is 101 Å². The summed E-state index contributed by atoms with van der Waals surface area (Å²) in [5.74, 6) is -3.43. The number of halogens is 1. The molecule has 0 aliphatic carbocycles. The lowest BCUT2D eigenvalue weighted by molar-refractivity contribution is -0.159. The third-order valence-corrected chi connectivity index (χ3v) is 7.21. The van der Waals surface area contributed by atoms with E-state index in [-0.39, 0.29) is 17.6 Å². The number of hydrogen-bond donors (Lipinski definition) is 2. The number of hydrogen-bond acceptors (Lipinski definition) is 6. The van der Waals surface area contributed by atoms with Gasteiger partial charge in [-0.25, -0.2) is 14.0 Å². The van der Waals surface area contributed by atoms with Gasteiger partial charge in [-0.15, -0.1) is 11.8 Å². The van der Waals surface area contributed by atoms with E-state index in [1.807, 2.05) is 21.9 Å². The zero-order valence-electron chi connectivity index (χ0n) is 20.3. The number of carbonyl (C=O) groups excluding carboxylic acids is 1. The van der Waals surface area contributed by atoms with Crippen LogP contribution in [0.4, 0.5) is 10.1 Å². The molecule has 2 aromatic rings. The maximum Gasteiger partial charge on any atom is 0.414 e. The first kappa shape index (κ1) is 27.5. The van der Waals surface area contributed by atoms with E-state index in [0.717, 1.165) is 32.5 Å². The van der Waals surface area contributed by atoms with Crippen LogP contribution in [-0.4, -0.2) is 83.4 Å². The van der Waals surface area contributed by atoms with Gasteiger partial charge in [0.25, 0.3) is 0 Å². The third-order valence-electron chi connectivity index (χ3n) is 6.47. The fourth-order valence-corrected chi connectivity index (χ4v) is 4.87. The Labute approximate surface area is 214 Å². The van der Waals surface area contributed by atoms with Gasteiger partial charge in [-0.1, -0.05) is 24.3 Å². The summed E-state index contributed by atoms with van der Waals surface area (Å²) in [6, 6.07) is 15.7. The molecule has 2 aromatic carbocycles. The average Bonchev–Trinajstić information content (AvgIpc) is 2.90. The van der Waals surface area contributed by atoms with Gasteiger partial charge in [-0.3, -0.25) is 9.69 Å². The molecule has 0 unspecified atom stereocenters. The molecule has 194 valence electrons. The second kappa shape index (κ2) is 13.3. The van der Waals surface area contributed by atoms with Crippen LogP contribution in [0.15, 0.2) is 53.4 Å². The van der Waals surface area contributed by atoms with Gasteiger partial charge in [-0.05, 0) is 62.0 Å². The maximum atomic E-state index is 14.0. The second-order valence-corrected chi connectivity index (χ2v) is 9.65. The number of carboxylic acids is 2. The Kier molecular flexibility index (Phi) is 10.1. The number of carbonyl (C=O) groups is 3. The predicted molar refractivity (Wildman–Crippen MR) is 137 cm³/mol. The largest absolute Gasteiger partial charge is 0.473 e. The molecule has 8 nitrogen and oxygen atoms in total. The van der Waals surface area contributed by atoms with E-state index in [1.165, 1.54) is 16.5 Å². The normalized spacial score (nSPS) is 16.7. The highest BCUT2D eigenvalue weighted by molar-refractivity contribution is 7.98. The van der Waals surface area contributed by atoms with Gasteiger partial charge < -0.3 is 20.0 Å². The van der Waals surface area contributed by atoms with E-state index >= 15 is 0 Å². The highest BCUT2D eigenvalue weighted by Crippen LogP contribution is 2.24. The Morgan fingerprint density at radius 2 is 1.47 bits per heavy atom. The monoisotopic (exact) mass is 517 g/mol. The lowest BCUT2D eigenvalue weighted by Gasteiger charge is -2.39. The van der Waals surface area contributed by atoms with E-state index in [4.69, 9.17) is 19.8 Å². The second-order valence-electron chi connectivity index (χ2n) is 8.77. The number of nitrogens with zero attached hydrogens (tertiary/aromatic N) is 3. The number of benzene rings is 2. The molecule has 36 heavy (non-hydrogen) atoms.